The first kappa shape index (κ1) is 17.7. The number of rotatable bonds is 4. The molecule has 0 radical (unpaired) electrons. The summed E-state index contributed by atoms with van der Waals surface area (Å²) in [6.45, 7) is 1.86. The molecule has 2 amide bonds. The van der Waals surface area contributed by atoms with Crippen molar-refractivity contribution in [3.05, 3.63) is 66.0 Å². The van der Waals surface area contributed by atoms with Gasteiger partial charge in [0.05, 0.1) is 12.0 Å². The molecule has 140 valence electrons. The number of carbonyl (C=O) groups is 2. The highest BCUT2D eigenvalue weighted by atomic mass is 16.2. The van der Waals surface area contributed by atoms with Crippen LogP contribution in [0.25, 0.3) is 0 Å². The Labute approximate surface area is 160 Å². The molecule has 0 aliphatic carbocycles. The minimum absolute atomic E-state index is 0.0761. The molecule has 2 aliphatic rings. The number of likely N-dealkylation sites (tertiary alicyclic amines) is 2. The molecule has 27 heavy (non-hydrogen) atoms. The number of aromatic nitrogens is 1. The summed E-state index contributed by atoms with van der Waals surface area (Å²) >= 11 is 0. The van der Waals surface area contributed by atoms with Crippen LogP contribution in [0.1, 0.15) is 42.9 Å². The molecule has 2 aliphatic heterocycles. The Morgan fingerprint density at radius 3 is 2.74 bits per heavy atom. The molecular formula is C22H25N3O2. The molecule has 2 aromatic rings. The van der Waals surface area contributed by atoms with E-state index in [1.165, 1.54) is 0 Å². The zero-order chi connectivity index (χ0) is 18.6. The van der Waals surface area contributed by atoms with Gasteiger partial charge in [-0.25, -0.2) is 0 Å². The van der Waals surface area contributed by atoms with Gasteiger partial charge in [0.15, 0.2) is 0 Å². The Balaban J connectivity index is 1.46. The first-order valence-corrected chi connectivity index (χ1v) is 9.74. The van der Waals surface area contributed by atoms with Crippen molar-refractivity contribution in [2.24, 2.45) is 5.92 Å². The van der Waals surface area contributed by atoms with Gasteiger partial charge < -0.3 is 9.80 Å². The van der Waals surface area contributed by atoms with E-state index in [4.69, 9.17) is 0 Å². The van der Waals surface area contributed by atoms with Crippen LogP contribution in [0.3, 0.4) is 0 Å². The molecule has 1 aromatic carbocycles. The molecule has 2 unspecified atom stereocenters. The summed E-state index contributed by atoms with van der Waals surface area (Å²) in [5, 5.41) is 0. The average molecular weight is 363 g/mol. The van der Waals surface area contributed by atoms with E-state index in [1.54, 1.807) is 6.20 Å². The monoisotopic (exact) mass is 363 g/mol. The van der Waals surface area contributed by atoms with Crippen molar-refractivity contribution in [3.63, 3.8) is 0 Å². The maximum atomic E-state index is 13.3. The predicted molar refractivity (Wildman–Crippen MR) is 103 cm³/mol. The summed E-state index contributed by atoms with van der Waals surface area (Å²) in [5.41, 5.74) is 2.20. The van der Waals surface area contributed by atoms with Crippen LogP contribution in [0.4, 0.5) is 0 Å². The normalized spacial score (nSPS) is 22.9. The molecule has 0 bridgehead atoms. The van der Waals surface area contributed by atoms with Crippen LogP contribution < -0.4 is 0 Å². The average Bonchev–Trinajstić information content (AvgIpc) is 3.09. The van der Waals surface area contributed by atoms with Crippen LogP contribution in [-0.2, 0) is 16.1 Å². The Hall–Kier alpha value is -2.69. The van der Waals surface area contributed by atoms with Crippen molar-refractivity contribution in [2.45, 2.75) is 38.3 Å². The van der Waals surface area contributed by atoms with E-state index < -0.39 is 0 Å². The number of piperidine rings is 1. The summed E-state index contributed by atoms with van der Waals surface area (Å²) < 4.78 is 0. The summed E-state index contributed by atoms with van der Waals surface area (Å²) in [5.74, 6) is -0.0434. The smallest absolute Gasteiger partial charge is 0.228 e. The topological polar surface area (TPSA) is 53.5 Å². The largest absolute Gasteiger partial charge is 0.338 e. The molecule has 3 heterocycles. The molecule has 5 nitrogen and oxygen atoms in total. The standard InChI is InChI=1S/C22H25N3O2/c26-21-13-19(16-24(21)15-17-7-2-1-3-8-17)22(27)25-12-5-4-10-20(25)18-9-6-11-23-14-18/h1-3,6-9,11,14,19-20H,4-5,10,12-13,15-16H2. The molecule has 1 aromatic heterocycles. The molecular weight excluding hydrogens is 338 g/mol. The van der Waals surface area contributed by atoms with E-state index >= 15 is 0 Å². The minimum atomic E-state index is -0.238. The Morgan fingerprint density at radius 2 is 1.96 bits per heavy atom. The summed E-state index contributed by atoms with van der Waals surface area (Å²) in [4.78, 5) is 33.8. The maximum absolute atomic E-state index is 13.3. The van der Waals surface area contributed by atoms with E-state index in [9.17, 15) is 9.59 Å². The number of hydrogen-bond acceptors (Lipinski definition) is 3. The molecule has 2 fully saturated rings. The zero-order valence-electron chi connectivity index (χ0n) is 15.5. The SMILES string of the molecule is O=C1CC(C(=O)N2CCCCC2c2cccnc2)CN1Cc1ccccc1. The predicted octanol–water partition coefficient (Wildman–Crippen LogP) is 3.18. The summed E-state index contributed by atoms with van der Waals surface area (Å²) in [7, 11) is 0. The molecule has 4 rings (SSSR count). The third-order valence-corrected chi connectivity index (χ3v) is 5.64. The van der Waals surface area contributed by atoms with Gasteiger partial charge in [0.1, 0.15) is 0 Å². The summed E-state index contributed by atoms with van der Waals surface area (Å²) in [6, 6.07) is 14.0. The van der Waals surface area contributed by atoms with Crippen LogP contribution >= 0.6 is 0 Å². The minimum Gasteiger partial charge on any atom is -0.338 e. The molecule has 0 saturated carbocycles. The van der Waals surface area contributed by atoms with E-state index in [0.29, 0.717) is 19.5 Å². The second-order valence-electron chi connectivity index (χ2n) is 7.49. The fourth-order valence-corrected chi connectivity index (χ4v) is 4.24. The van der Waals surface area contributed by atoms with Crippen molar-refractivity contribution in [2.75, 3.05) is 13.1 Å². The zero-order valence-corrected chi connectivity index (χ0v) is 15.5. The quantitative estimate of drug-likeness (QED) is 0.838. The van der Waals surface area contributed by atoms with Crippen LogP contribution in [-0.4, -0.2) is 39.7 Å². The van der Waals surface area contributed by atoms with Gasteiger partial charge in [-0.2, -0.15) is 0 Å². The lowest BCUT2D eigenvalue weighted by Gasteiger charge is -2.37. The van der Waals surface area contributed by atoms with Crippen molar-refractivity contribution in [3.8, 4) is 0 Å². The molecule has 2 saturated heterocycles. The number of carbonyl (C=O) groups excluding carboxylic acids is 2. The number of nitrogens with zero attached hydrogens (tertiary/aromatic N) is 3. The fourth-order valence-electron chi connectivity index (χ4n) is 4.24. The number of hydrogen-bond donors (Lipinski definition) is 0. The van der Waals surface area contributed by atoms with Gasteiger partial charge in [0.25, 0.3) is 0 Å². The van der Waals surface area contributed by atoms with Crippen molar-refractivity contribution in [1.29, 1.82) is 0 Å². The van der Waals surface area contributed by atoms with Gasteiger partial charge in [0, 0.05) is 38.4 Å². The number of benzene rings is 1. The highest BCUT2D eigenvalue weighted by Crippen LogP contribution is 2.33. The fraction of sp³-hybridized carbons (Fsp3) is 0.409. The highest BCUT2D eigenvalue weighted by molar-refractivity contribution is 5.89. The Bertz CT molecular complexity index is 794. The molecule has 0 N–H and O–H groups in total. The van der Waals surface area contributed by atoms with Crippen LogP contribution in [0.2, 0.25) is 0 Å². The van der Waals surface area contributed by atoms with Crippen LogP contribution in [0.15, 0.2) is 54.9 Å². The highest BCUT2D eigenvalue weighted by Gasteiger charge is 2.39. The summed E-state index contributed by atoms with van der Waals surface area (Å²) in [6.07, 6.45) is 7.05. The first-order chi connectivity index (χ1) is 13.2. The third kappa shape index (κ3) is 3.87. The Morgan fingerprint density at radius 1 is 1.11 bits per heavy atom. The van der Waals surface area contributed by atoms with Gasteiger partial charge in [-0.15, -0.1) is 0 Å². The van der Waals surface area contributed by atoms with E-state index in [0.717, 1.165) is 36.9 Å². The van der Waals surface area contributed by atoms with Crippen LogP contribution in [0, 0.1) is 5.92 Å². The number of amides is 2. The van der Waals surface area contributed by atoms with Gasteiger partial charge in [-0.1, -0.05) is 36.4 Å². The maximum Gasteiger partial charge on any atom is 0.228 e. The van der Waals surface area contributed by atoms with Gasteiger partial charge in [-0.3, -0.25) is 14.6 Å². The number of pyridine rings is 1. The molecule has 5 heteroatoms. The lowest BCUT2D eigenvalue weighted by atomic mass is 9.94. The third-order valence-electron chi connectivity index (χ3n) is 5.64. The van der Waals surface area contributed by atoms with E-state index in [2.05, 4.69) is 4.98 Å². The second-order valence-corrected chi connectivity index (χ2v) is 7.49. The van der Waals surface area contributed by atoms with Gasteiger partial charge in [-0.05, 0) is 36.5 Å². The molecule has 2 atom stereocenters. The Kier molecular flexibility index (Phi) is 5.19. The van der Waals surface area contributed by atoms with E-state index in [-0.39, 0.29) is 23.8 Å². The first-order valence-electron chi connectivity index (χ1n) is 9.74. The van der Waals surface area contributed by atoms with Crippen molar-refractivity contribution >= 4 is 11.8 Å². The lowest BCUT2D eigenvalue weighted by molar-refractivity contribution is -0.139. The van der Waals surface area contributed by atoms with Crippen molar-refractivity contribution in [1.82, 2.24) is 14.8 Å². The molecule has 0 spiro atoms. The van der Waals surface area contributed by atoms with Crippen LogP contribution in [0.5, 0.6) is 0 Å². The van der Waals surface area contributed by atoms with E-state index in [1.807, 2.05) is 58.5 Å². The van der Waals surface area contributed by atoms with Crippen molar-refractivity contribution < 1.29 is 9.59 Å². The van der Waals surface area contributed by atoms with Gasteiger partial charge in [0.2, 0.25) is 11.8 Å². The lowest BCUT2D eigenvalue weighted by Crippen LogP contribution is -2.42. The van der Waals surface area contributed by atoms with Gasteiger partial charge >= 0.3 is 0 Å². The second kappa shape index (κ2) is 7.91.